The van der Waals surface area contributed by atoms with Gasteiger partial charge in [-0.05, 0) is 36.6 Å². The summed E-state index contributed by atoms with van der Waals surface area (Å²) in [7, 11) is 0. The number of nitrogens with one attached hydrogen (secondary N) is 3. The van der Waals surface area contributed by atoms with Crippen LogP contribution < -0.4 is 15.5 Å². The molecule has 1 heterocycles. The molecule has 2 aromatic rings. The van der Waals surface area contributed by atoms with Gasteiger partial charge in [-0.25, -0.2) is 0 Å². The molecule has 0 aliphatic carbocycles. The number of amides is 2. The predicted octanol–water partition coefficient (Wildman–Crippen LogP) is 1.59. The van der Waals surface area contributed by atoms with E-state index in [2.05, 4.69) is 29.7 Å². The Balaban J connectivity index is 1.35. The van der Waals surface area contributed by atoms with Crippen LogP contribution in [-0.2, 0) is 16.0 Å². The topological polar surface area (TPSA) is 62.6 Å². The Morgan fingerprint density at radius 1 is 1.00 bits per heavy atom. The molecule has 3 N–H and O–H groups in total. The highest BCUT2D eigenvalue weighted by molar-refractivity contribution is 5.92. The predicted molar refractivity (Wildman–Crippen MR) is 111 cm³/mol. The summed E-state index contributed by atoms with van der Waals surface area (Å²) in [4.78, 5) is 25.9. The number of hydrogen-bond acceptors (Lipinski definition) is 2. The van der Waals surface area contributed by atoms with E-state index in [9.17, 15) is 9.59 Å². The third kappa shape index (κ3) is 5.92. The second kappa shape index (κ2) is 10.0. The van der Waals surface area contributed by atoms with Gasteiger partial charge in [0.05, 0.1) is 13.1 Å². The maximum Gasteiger partial charge on any atom is 0.275 e. The van der Waals surface area contributed by atoms with Crippen LogP contribution in [0.15, 0.2) is 54.6 Å². The van der Waals surface area contributed by atoms with Crippen LogP contribution in [0.4, 0.5) is 5.69 Å². The Hall–Kier alpha value is -2.66. The second-order valence-corrected chi connectivity index (χ2v) is 7.58. The van der Waals surface area contributed by atoms with Crippen LogP contribution in [0.5, 0.6) is 0 Å². The van der Waals surface area contributed by atoms with Crippen molar-refractivity contribution in [1.29, 1.82) is 0 Å². The molecule has 148 valence electrons. The molecule has 5 nitrogen and oxygen atoms in total. The summed E-state index contributed by atoms with van der Waals surface area (Å²) in [6.07, 6.45) is 2.50. The average Bonchev–Trinajstić information content (AvgIpc) is 2.71. The Labute approximate surface area is 167 Å². The van der Waals surface area contributed by atoms with E-state index >= 15 is 0 Å². The van der Waals surface area contributed by atoms with Crippen LogP contribution in [0, 0.1) is 12.8 Å². The van der Waals surface area contributed by atoms with E-state index in [1.165, 1.54) is 16.0 Å². The molecule has 2 aromatic carbocycles. The summed E-state index contributed by atoms with van der Waals surface area (Å²) in [5.41, 5.74) is 3.38. The number of carbonyl (C=O) groups excluding carboxylic acids is 2. The van der Waals surface area contributed by atoms with Crippen molar-refractivity contribution in [2.24, 2.45) is 5.92 Å². The minimum atomic E-state index is 0.0353. The second-order valence-electron chi connectivity index (χ2n) is 7.58. The molecular weight excluding hydrogens is 350 g/mol. The fourth-order valence-electron chi connectivity index (χ4n) is 3.75. The molecule has 0 bridgehead atoms. The molecule has 5 heteroatoms. The summed E-state index contributed by atoms with van der Waals surface area (Å²) >= 11 is 0. The van der Waals surface area contributed by atoms with Gasteiger partial charge < -0.3 is 15.5 Å². The summed E-state index contributed by atoms with van der Waals surface area (Å²) in [6.45, 7) is 4.97. The molecule has 1 aliphatic heterocycles. The van der Waals surface area contributed by atoms with Gasteiger partial charge in [-0.3, -0.25) is 9.59 Å². The molecule has 1 fully saturated rings. The minimum absolute atomic E-state index is 0.0353. The fourth-order valence-corrected chi connectivity index (χ4v) is 3.75. The minimum Gasteiger partial charge on any atom is -0.351 e. The van der Waals surface area contributed by atoms with Gasteiger partial charge in [0, 0.05) is 31.0 Å². The Bertz CT molecular complexity index is 783. The molecule has 0 atom stereocenters. The number of para-hydroxylation sites is 1. The zero-order valence-electron chi connectivity index (χ0n) is 16.5. The van der Waals surface area contributed by atoms with Gasteiger partial charge in [-0.15, -0.1) is 0 Å². The lowest BCUT2D eigenvalue weighted by Gasteiger charge is -2.28. The maximum atomic E-state index is 12.4. The molecule has 3 rings (SSSR count). The Morgan fingerprint density at radius 3 is 2.39 bits per heavy atom. The Morgan fingerprint density at radius 2 is 1.68 bits per heavy atom. The van der Waals surface area contributed by atoms with Crippen molar-refractivity contribution in [1.82, 2.24) is 5.32 Å². The SMILES string of the molecule is Cc1ccccc1CCNC(=O)C[NH+]1CCC(C(=O)Nc2ccccc2)CC1. The molecular formula is C23H30N3O2+. The van der Waals surface area contributed by atoms with E-state index in [4.69, 9.17) is 0 Å². The summed E-state index contributed by atoms with van der Waals surface area (Å²) in [5, 5.41) is 6.02. The van der Waals surface area contributed by atoms with Crippen LogP contribution in [0.3, 0.4) is 0 Å². The first-order chi connectivity index (χ1) is 13.6. The smallest absolute Gasteiger partial charge is 0.275 e. The molecule has 28 heavy (non-hydrogen) atoms. The van der Waals surface area contributed by atoms with Gasteiger partial charge in [-0.1, -0.05) is 42.5 Å². The van der Waals surface area contributed by atoms with Crippen molar-refractivity contribution in [2.45, 2.75) is 26.2 Å². The summed E-state index contributed by atoms with van der Waals surface area (Å²) in [5.74, 6) is 0.219. The molecule has 1 aliphatic rings. The first-order valence-corrected chi connectivity index (χ1v) is 10.1. The van der Waals surface area contributed by atoms with E-state index in [-0.39, 0.29) is 17.7 Å². The van der Waals surface area contributed by atoms with E-state index in [1.807, 2.05) is 42.5 Å². The average molecular weight is 381 g/mol. The number of quaternary nitrogens is 1. The van der Waals surface area contributed by atoms with Crippen molar-refractivity contribution >= 4 is 17.5 Å². The van der Waals surface area contributed by atoms with Crippen molar-refractivity contribution in [3.05, 3.63) is 65.7 Å². The van der Waals surface area contributed by atoms with Crippen LogP contribution in [-0.4, -0.2) is 38.0 Å². The van der Waals surface area contributed by atoms with Gasteiger partial charge in [0.25, 0.3) is 5.91 Å². The van der Waals surface area contributed by atoms with Crippen molar-refractivity contribution < 1.29 is 14.5 Å². The number of likely N-dealkylation sites (tertiary alicyclic amines) is 1. The van der Waals surface area contributed by atoms with Gasteiger partial charge in [-0.2, -0.15) is 0 Å². The zero-order chi connectivity index (χ0) is 19.8. The third-order valence-corrected chi connectivity index (χ3v) is 5.49. The lowest BCUT2D eigenvalue weighted by molar-refractivity contribution is -0.897. The normalized spacial score (nSPS) is 19.0. The van der Waals surface area contributed by atoms with Gasteiger partial charge in [0.1, 0.15) is 0 Å². The summed E-state index contributed by atoms with van der Waals surface area (Å²) < 4.78 is 0. The monoisotopic (exact) mass is 380 g/mol. The molecule has 0 radical (unpaired) electrons. The molecule has 2 amide bonds. The molecule has 0 unspecified atom stereocenters. The number of aryl methyl sites for hydroxylation is 1. The first-order valence-electron chi connectivity index (χ1n) is 10.1. The number of hydrogen-bond donors (Lipinski definition) is 3. The highest BCUT2D eigenvalue weighted by Crippen LogP contribution is 2.14. The fraction of sp³-hybridized carbons (Fsp3) is 0.391. The van der Waals surface area contributed by atoms with Gasteiger partial charge >= 0.3 is 0 Å². The van der Waals surface area contributed by atoms with Crippen LogP contribution in [0.1, 0.15) is 24.0 Å². The zero-order valence-corrected chi connectivity index (χ0v) is 16.5. The largest absolute Gasteiger partial charge is 0.351 e. The number of carbonyl (C=O) groups is 2. The third-order valence-electron chi connectivity index (χ3n) is 5.49. The lowest BCUT2D eigenvalue weighted by atomic mass is 9.96. The standard InChI is InChI=1S/C23H29N3O2/c1-18-7-5-6-8-19(18)11-14-24-22(27)17-26-15-12-20(13-16-26)23(28)25-21-9-3-2-4-10-21/h2-10,20H,11-17H2,1H3,(H,24,27)(H,25,28)/p+1. The van der Waals surface area contributed by atoms with Crippen LogP contribution >= 0.6 is 0 Å². The van der Waals surface area contributed by atoms with E-state index in [1.54, 1.807) is 0 Å². The lowest BCUT2D eigenvalue weighted by Crippen LogP contribution is -3.14. The van der Waals surface area contributed by atoms with E-state index in [0.717, 1.165) is 38.0 Å². The van der Waals surface area contributed by atoms with Crippen molar-refractivity contribution in [3.8, 4) is 0 Å². The molecule has 1 saturated heterocycles. The molecule has 0 saturated carbocycles. The van der Waals surface area contributed by atoms with Gasteiger partial charge in [0.2, 0.25) is 5.91 Å². The highest BCUT2D eigenvalue weighted by atomic mass is 16.2. The number of benzene rings is 2. The Kier molecular flexibility index (Phi) is 7.20. The maximum absolute atomic E-state index is 12.4. The molecule has 0 aromatic heterocycles. The number of rotatable bonds is 7. The van der Waals surface area contributed by atoms with Crippen LogP contribution in [0.2, 0.25) is 0 Å². The highest BCUT2D eigenvalue weighted by Gasteiger charge is 2.28. The van der Waals surface area contributed by atoms with Gasteiger partial charge in [0.15, 0.2) is 6.54 Å². The molecule has 0 spiro atoms. The van der Waals surface area contributed by atoms with E-state index < -0.39 is 0 Å². The van der Waals surface area contributed by atoms with Crippen LogP contribution in [0.25, 0.3) is 0 Å². The van der Waals surface area contributed by atoms with Crippen molar-refractivity contribution in [2.75, 3.05) is 31.5 Å². The van der Waals surface area contributed by atoms with Crippen molar-refractivity contribution in [3.63, 3.8) is 0 Å². The quantitative estimate of drug-likeness (QED) is 0.683. The number of piperidine rings is 1. The number of anilines is 1. The first kappa shape index (κ1) is 20.1. The van der Waals surface area contributed by atoms with E-state index in [0.29, 0.717) is 13.1 Å². The summed E-state index contributed by atoms with van der Waals surface area (Å²) in [6, 6.07) is 17.8.